The summed E-state index contributed by atoms with van der Waals surface area (Å²) in [4.78, 5) is 17.9. The number of fused-ring (bicyclic) bond motifs is 1. The number of rotatable bonds is 4. The Morgan fingerprint density at radius 3 is 3.18 bits per heavy atom. The number of aromatic nitrogens is 4. The number of anilines is 1. The SMILES string of the molecule is COc1ncccc1NC(=O)N(C)Cc1nnc2n1CCC2. The summed E-state index contributed by atoms with van der Waals surface area (Å²) >= 11 is 0. The molecule has 0 saturated heterocycles. The van der Waals surface area contributed by atoms with E-state index in [4.69, 9.17) is 4.74 Å². The van der Waals surface area contributed by atoms with Gasteiger partial charge in [-0.1, -0.05) is 0 Å². The summed E-state index contributed by atoms with van der Waals surface area (Å²) in [7, 11) is 3.23. The standard InChI is InChI=1S/C14H18N6O2/c1-19(9-12-18-17-11-6-4-8-20(11)12)14(21)16-10-5-3-7-15-13(10)22-2/h3,5,7H,4,6,8-9H2,1-2H3,(H,16,21). The van der Waals surface area contributed by atoms with Crippen LogP contribution in [-0.4, -0.2) is 44.8 Å². The Hall–Kier alpha value is -2.64. The van der Waals surface area contributed by atoms with Crippen LogP contribution < -0.4 is 10.1 Å². The Kier molecular flexibility index (Phi) is 3.90. The molecule has 8 heteroatoms. The van der Waals surface area contributed by atoms with Crippen molar-refractivity contribution in [3.63, 3.8) is 0 Å². The molecular weight excluding hydrogens is 284 g/mol. The first-order valence-corrected chi connectivity index (χ1v) is 7.11. The number of nitrogens with zero attached hydrogens (tertiary/aromatic N) is 5. The van der Waals surface area contributed by atoms with Crippen LogP contribution in [0.3, 0.4) is 0 Å². The van der Waals surface area contributed by atoms with Crippen LogP contribution in [0.15, 0.2) is 18.3 Å². The van der Waals surface area contributed by atoms with Gasteiger partial charge in [-0.25, -0.2) is 9.78 Å². The molecule has 22 heavy (non-hydrogen) atoms. The largest absolute Gasteiger partial charge is 0.480 e. The molecule has 0 atom stereocenters. The van der Waals surface area contributed by atoms with Gasteiger partial charge in [-0.05, 0) is 18.6 Å². The molecule has 0 saturated carbocycles. The first kappa shape index (κ1) is 14.3. The quantitative estimate of drug-likeness (QED) is 0.920. The first-order chi connectivity index (χ1) is 10.7. The molecule has 3 heterocycles. The molecule has 116 valence electrons. The molecule has 0 bridgehead atoms. The average Bonchev–Trinajstić information content (AvgIpc) is 3.12. The smallest absolute Gasteiger partial charge is 0.322 e. The van der Waals surface area contributed by atoms with Crippen LogP contribution >= 0.6 is 0 Å². The number of hydrogen-bond acceptors (Lipinski definition) is 5. The van der Waals surface area contributed by atoms with Gasteiger partial charge in [-0.2, -0.15) is 0 Å². The number of ether oxygens (including phenoxy) is 1. The van der Waals surface area contributed by atoms with Crippen LogP contribution in [0.4, 0.5) is 10.5 Å². The first-order valence-electron chi connectivity index (χ1n) is 7.11. The van der Waals surface area contributed by atoms with Gasteiger partial charge in [0, 0.05) is 26.2 Å². The van der Waals surface area contributed by atoms with E-state index in [0.29, 0.717) is 18.1 Å². The number of pyridine rings is 1. The van der Waals surface area contributed by atoms with E-state index in [1.807, 2.05) is 0 Å². The Balaban J connectivity index is 1.67. The van der Waals surface area contributed by atoms with Crippen molar-refractivity contribution in [3.05, 3.63) is 30.0 Å². The molecule has 3 rings (SSSR count). The molecule has 8 nitrogen and oxygen atoms in total. The molecule has 0 fully saturated rings. The highest BCUT2D eigenvalue weighted by atomic mass is 16.5. The predicted octanol–water partition coefficient (Wildman–Crippen LogP) is 1.29. The minimum absolute atomic E-state index is 0.248. The molecule has 2 aromatic heterocycles. The highest BCUT2D eigenvalue weighted by Crippen LogP contribution is 2.20. The lowest BCUT2D eigenvalue weighted by atomic mass is 10.4. The maximum absolute atomic E-state index is 12.3. The van der Waals surface area contributed by atoms with Gasteiger partial charge in [-0.3, -0.25) is 0 Å². The number of carbonyl (C=O) groups is 1. The third kappa shape index (κ3) is 2.72. The minimum atomic E-state index is -0.248. The predicted molar refractivity (Wildman–Crippen MR) is 79.6 cm³/mol. The summed E-state index contributed by atoms with van der Waals surface area (Å²) < 4.78 is 7.20. The summed E-state index contributed by atoms with van der Waals surface area (Å²) in [6.07, 6.45) is 3.65. The fourth-order valence-electron chi connectivity index (χ4n) is 2.47. The van der Waals surface area contributed by atoms with Crippen LogP contribution in [-0.2, 0) is 19.5 Å². The topological polar surface area (TPSA) is 85.2 Å². The molecule has 1 aliphatic rings. The molecule has 1 N–H and O–H groups in total. The Morgan fingerprint density at radius 2 is 2.36 bits per heavy atom. The molecule has 0 aromatic carbocycles. The van der Waals surface area contributed by atoms with Gasteiger partial charge in [-0.15, -0.1) is 10.2 Å². The van der Waals surface area contributed by atoms with Crippen LogP contribution in [0.25, 0.3) is 0 Å². The molecule has 2 aromatic rings. The lowest BCUT2D eigenvalue weighted by Crippen LogP contribution is -2.32. The van der Waals surface area contributed by atoms with Gasteiger partial charge in [0.2, 0.25) is 5.88 Å². The summed E-state index contributed by atoms with van der Waals surface area (Å²) in [5.74, 6) is 2.19. The number of amides is 2. The molecule has 0 unspecified atom stereocenters. The van der Waals surface area contributed by atoms with Crippen LogP contribution in [0, 0.1) is 0 Å². The molecule has 2 amide bonds. The van der Waals surface area contributed by atoms with Crippen molar-refractivity contribution >= 4 is 11.7 Å². The number of aryl methyl sites for hydroxylation is 1. The van der Waals surface area contributed by atoms with E-state index >= 15 is 0 Å². The van der Waals surface area contributed by atoms with Crippen LogP contribution in [0.1, 0.15) is 18.1 Å². The maximum Gasteiger partial charge on any atom is 0.322 e. The van der Waals surface area contributed by atoms with Gasteiger partial charge in [0.1, 0.15) is 11.5 Å². The van der Waals surface area contributed by atoms with Crippen molar-refractivity contribution < 1.29 is 9.53 Å². The van der Waals surface area contributed by atoms with E-state index in [-0.39, 0.29) is 6.03 Å². The summed E-state index contributed by atoms with van der Waals surface area (Å²) in [6.45, 7) is 1.32. The van der Waals surface area contributed by atoms with Gasteiger partial charge in [0.25, 0.3) is 0 Å². The van der Waals surface area contributed by atoms with E-state index < -0.39 is 0 Å². The van der Waals surface area contributed by atoms with E-state index in [0.717, 1.165) is 31.0 Å². The maximum atomic E-state index is 12.3. The van der Waals surface area contributed by atoms with E-state index in [9.17, 15) is 4.79 Å². The summed E-state index contributed by atoms with van der Waals surface area (Å²) in [5, 5.41) is 11.1. The Morgan fingerprint density at radius 1 is 1.50 bits per heavy atom. The molecule has 1 aliphatic heterocycles. The fraction of sp³-hybridized carbons (Fsp3) is 0.429. The fourth-order valence-corrected chi connectivity index (χ4v) is 2.47. The van der Waals surface area contributed by atoms with E-state index in [1.165, 1.54) is 7.11 Å². The number of carbonyl (C=O) groups excluding carboxylic acids is 1. The normalized spacial score (nSPS) is 12.8. The summed E-state index contributed by atoms with van der Waals surface area (Å²) in [6, 6.07) is 3.23. The second-order valence-electron chi connectivity index (χ2n) is 5.13. The Bertz CT molecular complexity index is 684. The van der Waals surface area contributed by atoms with E-state index in [2.05, 4.69) is 25.1 Å². The monoisotopic (exact) mass is 302 g/mol. The highest BCUT2D eigenvalue weighted by Gasteiger charge is 2.20. The number of urea groups is 1. The van der Waals surface area contributed by atoms with Crippen LogP contribution in [0.5, 0.6) is 5.88 Å². The van der Waals surface area contributed by atoms with Crippen molar-refractivity contribution in [2.24, 2.45) is 0 Å². The molecular formula is C14H18N6O2. The van der Waals surface area contributed by atoms with Gasteiger partial charge in [0.05, 0.1) is 13.7 Å². The molecule has 0 spiro atoms. The minimum Gasteiger partial charge on any atom is -0.480 e. The van der Waals surface area contributed by atoms with Crippen molar-refractivity contribution in [2.45, 2.75) is 25.9 Å². The van der Waals surface area contributed by atoms with Gasteiger partial charge < -0.3 is 19.5 Å². The zero-order valence-corrected chi connectivity index (χ0v) is 12.6. The van der Waals surface area contributed by atoms with E-state index in [1.54, 1.807) is 30.3 Å². The van der Waals surface area contributed by atoms with Gasteiger partial charge >= 0.3 is 6.03 Å². The Labute approximate surface area is 128 Å². The third-order valence-electron chi connectivity index (χ3n) is 3.62. The zero-order chi connectivity index (χ0) is 15.5. The second-order valence-corrected chi connectivity index (χ2v) is 5.13. The number of hydrogen-bond donors (Lipinski definition) is 1. The average molecular weight is 302 g/mol. The van der Waals surface area contributed by atoms with Gasteiger partial charge in [0.15, 0.2) is 5.82 Å². The third-order valence-corrected chi connectivity index (χ3v) is 3.62. The van der Waals surface area contributed by atoms with Crippen molar-refractivity contribution in [2.75, 3.05) is 19.5 Å². The van der Waals surface area contributed by atoms with Crippen molar-refractivity contribution in [1.82, 2.24) is 24.6 Å². The lowest BCUT2D eigenvalue weighted by Gasteiger charge is -2.18. The number of nitrogens with one attached hydrogen (secondary N) is 1. The summed E-state index contributed by atoms with van der Waals surface area (Å²) in [5.41, 5.74) is 0.535. The molecule has 0 aliphatic carbocycles. The van der Waals surface area contributed by atoms with Crippen molar-refractivity contribution in [1.29, 1.82) is 0 Å². The lowest BCUT2D eigenvalue weighted by molar-refractivity contribution is 0.218. The molecule has 0 radical (unpaired) electrons. The second kappa shape index (κ2) is 6.00. The highest BCUT2D eigenvalue weighted by molar-refractivity contribution is 5.90. The van der Waals surface area contributed by atoms with Crippen LogP contribution in [0.2, 0.25) is 0 Å². The van der Waals surface area contributed by atoms with Crippen molar-refractivity contribution in [3.8, 4) is 5.88 Å². The number of methoxy groups -OCH3 is 1. The zero-order valence-electron chi connectivity index (χ0n) is 12.6.